The average Bonchev–Trinajstić information content (AvgIpc) is 3.20. The molecule has 2 saturated heterocycles. The van der Waals surface area contributed by atoms with Crippen molar-refractivity contribution in [2.75, 3.05) is 37.6 Å². The maximum Gasteiger partial charge on any atom is 0.416 e. The number of halogens is 3. The van der Waals surface area contributed by atoms with E-state index in [-0.39, 0.29) is 5.56 Å². The summed E-state index contributed by atoms with van der Waals surface area (Å²) in [7, 11) is 0. The van der Waals surface area contributed by atoms with Gasteiger partial charge in [0.05, 0.1) is 5.56 Å². The number of carbonyl (C=O) groups excluding carboxylic acids is 1. The molecule has 4 nitrogen and oxygen atoms in total. The van der Waals surface area contributed by atoms with Crippen LogP contribution >= 0.6 is 0 Å². The lowest BCUT2D eigenvalue weighted by Crippen LogP contribution is -2.44. The van der Waals surface area contributed by atoms with Crippen molar-refractivity contribution < 1.29 is 18.0 Å². The zero-order valence-corrected chi connectivity index (χ0v) is 15.8. The van der Waals surface area contributed by atoms with Crippen molar-refractivity contribution >= 4 is 11.6 Å². The Morgan fingerprint density at radius 2 is 1.78 bits per heavy atom. The van der Waals surface area contributed by atoms with Gasteiger partial charge in [0.2, 0.25) is 0 Å². The summed E-state index contributed by atoms with van der Waals surface area (Å²) in [6.07, 6.45) is 0.653. The van der Waals surface area contributed by atoms with E-state index >= 15 is 0 Å². The predicted octanol–water partition coefficient (Wildman–Crippen LogP) is 3.91. The highest BCUT2D eigenvalue weighted by atomic mass is 19.4. The number of alkyl halides is 3. The van der Waals surface area contributed by atoms with Gasteiger partial charge in [0.25, 0.3) is 5.91 Å². The molecule has 2 aliphatic rings. The molecule has 0 saturated carbocycles. The maximum absolute atomic E-state index is 13.3. The van der Waals surface area contributed by atoms with Crippen molar-refractivity contribution in [3.8, 4) is 0 Å². The van der Waals surface area contributed by atoms with E-state index in [2.05, 4.69) is 10.2 Å². The fourth-order valence-electron chi connectivity index (χ4n) is 4.03. The van der Waals surface area contributed by atoms with Gasteiger partial charge in [-0.25, -0.2) is 0 Å². The van der Waals surface area contributed by atoms with Gasteiger partial charge >= 0.3 is 6.18 Å². The fraction of sp³-hybridized carbons (Fsp3) is 0.650. The van der Waals surface area contributed by atoms with Gasteiger partial charge in [0.15, 0.2) is 0 Å². The molecule has 1 amide bonds. The first-order valence-electron chi connectivity index (χ1n) is 9.88. The number of piperidine rings is 1. The topological polar surface area (TPSA) is 35.6 Å². The number of anilines is 1. The van der Waals surface area contributed by atoms with Crippen LogP contribution in [0, 0.1) is 0 Å². The lowest BCUT2D eigenvalue weighted by molar-refractivity contribution is -0.137. The Morgan fingerprint density at radius 1 is 1.11 bits per heavy atom. The molecular formula is C20H28F3N3O. The smallest absolute Gasteiger partial charge is 0.371 e. The van der Waals surface area contributed by atoms with Crippen LogP contribution in [0.1, 0.15) is 54.9 Å². The summed E-state index contributed by atoms with van der Waals surface area (Å²) in [5.41, 5.74) is -0.190. The van der Waals surface area contributed by atoms with Gasteiger partial charge in [-0.1, -0.05) is 6.92 Å². The van der Waals surface area contributed by atoms with E-state index in [0.29, 0.717) is 18.3 Å². The van der Waals surface area contributed by atoms with Crippen molar-refractivity contribution in [2.45, 2.75) is 51.2 Å². The van der Waals surface area contributed by atoms with Gasteiger partial charge in [0, 0.05) is 36.9 Å². The molecule has 0 bridgehead atoms. The minimum absolute atomic E-state index is 0.0786. The van der Waals surface area contributed by atoms with Crippen LogP contribution in [0.2, 0.25) is 0 Å². The minimum atomic E-state index is -4.47. The van der Waals surface area contributed by atoms with Gasteiger partial charge in [-0.15, -0.1) is 0 Å². The molecule has 0 radical (unpaired) electrons. The van der Waals surface area contributed by atoms with Crippen LogP contribution in [0.25, 0.3) is 0 Å². The molecule has 2 aliphatic heterocycles. The second kappa shape index (κ2) is 8.50. The van der Waals surface area contributed by atoms with E-state index in [4.69, 9.17) is 0 Å². The summed E-state index contributed by atoms with van der Waals surface area (Å²) in [4.78, 5) is 16.7. The molecular weight excluding hydrogens is 355 g/mol. The Morgan fingerprint density at radius 3 is 2.37 bits per heavy atom. The number of hydrogen-bond donors (Lipinski definition) is 1. The number of hydrogen-bond acceptors (Lipinski definition) is 3. The molecule has 2 fully saturated rings. The number of amides is 1. The second-order valence-electron chi connectivity index (χ2n) is 7.48. The number of likely N-dealkylation sites (tertiary alicyclic amines) is 1. The number of benzene rings is 1. The molecule has 0 spiro atoms. The molecule has 27 heavy (non-hydrogen) atoms. The molecule has 0 atom stereocenters. The molecule has 2 heterocycles. The fourth-order valence-corrected chi connectivity index (χ4v) is 4.03. The van der Waals surface area contributed by atoms with Gasteiger partial charge < -0.3 is 15.1 Å². The number of nitrogens with one attached hydrogen (secondary N) is 1. The summed E-state index contributed by atoms with van der Waals surface area (Å²) in [6.45, 7) is 6.07. The Kier molecular flexibility index (Phi) is 6.29. The first-order valence-corrected chi connectivity index (χ1v) is 9.88. The highest BCUT2D eigenvalue weighted by molar-refractivity contribution is 5.95. The molecule has 1 aromatic carbocycles. The number of carbonyl (C=O) groups is 1. The van der Waals surface area contributed by atoms with E-state index in [1.165, 1.54) is 18.9 Å². The van der Waals surface area contributed by atoms with E-state index in [1.807, 2.05) is 11.8 Å². The van der Waals surface area contributed by atoms with Crippen molar-refractivity contribution in [3.05, 3.63) is 29.3 Å². The van der Waals surface area contributed by atoms with Crippen molar-refractivity contribution in [2.24, 2.45) is 0 Å². The lowest BCUT2D eigenvalue weighted by Gasteiger charge is -2.38. The molecule has 3 rings (SSSR count). The summed E-state index contributed by atoms with van der Waals surface area (Å²) >= 11 is 0. The zero-order valence-electron chi connectivity index (χ0n) is 15.8. The first kappa shape index (κ1) is 20.0. The SMILES string of the molecule is CCCNC(=O)c1cc(N2CCC(N3CCCC3)CC2)cc(C(F)(F)F)c1. The normalized spacial score (nSPS) is 19.5. The van der Waals surface area contributed by atoms with Crippen molar-refractivity contribution in [1.29, 1.82) is 0 Å². The highest BCUT2D eigenvalue weighted by Gasteiger charge is 2.33. The van der Waals surface area contributed by atoms with Crippen molar-refractivity contribution in [1.82, 2.24) is 10.2 Å². The van der Waals surface area contributed by atoms with Crippen LogP contribution in [-0.2, 0) is 6.18 Å². The molecule has 150 valence electrons. The van der Waals surface area contributed by atoms with Crippen molar-refractivity contribution in [3.63, 3.8) is 0 Å². The van der Waals surface area contributed by atoms with E-state index in [9.17, 15) is 18.0 Å². The highest BCUT2D eigenvalue weighted by Crippen LogP contribution is 2.34. The molecule has 0 aromatic heterocycles. The summed E-state index contributed by atoms with van der Waals surface area (Å²) in [5.74, 6) is -0.448. The maximum atomic E-state index is 13.3. The number of nitrogens with zero attached hydrogens (tertiary/aromatic N) is 2. The Hall–Kier alpha value is -1.76. The third-order valence-corrected chi connectivity index (χ3v) is 5.53. The van der Waals surface area contributed by atoms with Crippen LogP contribution in [-0.4, -0.2) is 49.6 Å². The van der Waals surface area contributed by atoms with E-state index in [1.54, 1.807) is 6.07 Å². The van der Waals surface area contributed by atoms with Gasteiger partial charge in [-0.2, -0.15) is 13.2 Å². The minimum Gasteiger partial charge on any atom is -0.371 e. The van der Waals surface area contributed by atoms with Crippen LogP contribution in [0.5, 0.6) is 0 Å². The van der Waals surface area contributed by atoms with Crippen LogP contribution in [0.4, 0.5) is 18.9 Å². The summed E-state index contributed by atoms with van der Waals surface area (Å²) < 4.78 is 40.0. The Labute approximate surface area is 158 Å². The van der Waals surface area contributed by atoms with E-state index < -0.39 is 17.6 Å². The first-order chi connectivity index (χ1) is 12.9. The van der Waals surface area contributed by atoms with Crippen LogP contribution < -0.4 is 10.2 Å². The third kappa shape index (κ3) is 4.94. The average molecular weight is 383 g/mol. The van der Waals surface area contributed by atoms with Crippen LogP contribution in [0.15, 0.2) is 18.2 Å². The van der Waals surface area contributed by atoms with E-state index in [0.717, 1.165) is 51.5 Å². The lowest BCUT2D eigenvalue weighted by atomic mass is 10.0. The Balaban J connectivity index is 1.76. The zero-order chi connectivity index (χ0) is 19.4. The van der Waals surface area contributed by atoms with Gasteiger partial charge in [-0.3, -0.25) is 4.79 Å². The molecule has 0 unspecified atom stereocenters. The molecule has 1 aromatic rings. The molecule has 1 N–H and O–H groups in total. The standard InChI is InChI=1S/C20H28F3N3O/c1-2-7-24-19(27)15-12-16(20(21,22)23)14-18(13-15)26-10-5-17(6-11-26)25-8-3-4-9-25/h12-14,17H,2-11H2,1H3,(H,24,27). The monoisotopic (exact) mass is 383 g/mol. The third-order valence-electron chi connectivity index (χ3n) is 5.53. The largest absolute Gasteiger partial charge is 0.416 e. The van der Waals surface area contributed by atoms with Gasteiger partial charge in [-0.05, 0) is 63.4 Å². The summed E-state index contributed by atoms with van der Waals surface area (Å²) in [5, 5.41) is 2.67. The summed E-state index contributed by atoms with van der Waals surface area (Å²) in [6, 6.07) is 4.25. The number of rotatable bonds is 5. The predicted molar refractivity (Wildman–Crippen MR) is 100 cm³/mol. The van der Waals surface area contributed by atoms with Gasteiger partial charge in [0.1, 0.15) is 0 Å². The second-order valence-corrected chi connectivity index (χ2v) is 7.48. The Bertz CT molecular complexity index is 648. The quantitative estimate of drug-likeness (QED) is 0.837. The molecule has 0 aliphatic carbocycles. The van der Waals surface area contributed by atoms with Crippen LogP contribution in [0.3, 0.4) is 0 Å². The molecule has 7 heteroatoms.